The molecule has 0 aliphatic heterocycles. The lowest BCUT2D eigenvalue weighted by atomic mass is 10.0. The summed E-state index contributed by atoms with van der Waals surface area (Å²) in [6, 6.07) is 0. The topological polar surface area (TPSA) is 134 Å². The molecule has 10 heteroatoms. The van der Waals surface area contributed by atoms with Crippen LogP contribution in [0.3, 0.4) is 0 Å². The van der Waals surface area contributed by atoms with Crippen molar-refractivity contribution in [3.05, 3.63) is 243 Å². The van der Waals surface area contributed by atoms with Gasteiger partial charge in [-0.2, -0.15) is 0 Å². The number of unbranched alkanes of at least 4 members (excludes halogenated alkanes) is 16. The minimum absolute atomic E-state index is 0.0365. The zero-order valence-electron chi connectivity index (χ0n) is 62.1. The number of phosphoric acid groups is 1. The van der Waals surface area contributed by atoms with Crippen molar-refractivity contribution in [2.45, 2.75) is 277 Å². The van der Waals surface area contributed by atoms with Crippen LogP contribution in [-0.4, -0.2) is 49.3 Å². The minimum Gasteiger partial charge on any atom is -0.462 e. The Labute approximate surface area is 606 Å². The predicted molar refractivity (Wildman–Crippen MR) is 430 cm³/mol. The summed E-state index contributed by atoms with van der Waals surface area (Å²) < 4.78 is 33.2. The van der Waals surface area contributed by atoms with Crippen LogP contribution in [0.2, 0.25) is 0 Å². The molecule has 0 radical (unpaired) electrons. The Bertz CT molecular complexity index is 2530. The molecular formula is C89H138NO8P. The number of hydrogen-bond acceptors (Lipinski definition) is 8. The van der Waals surface area contributed by atoms with Gasteiger partial charge in [0, 0.05) is 19.4 Å². The fourth-order valence-corrected chi connectivity index (χ4v) is 10.4. The molecule has 0 saturated carbocycles. The van der Waals surface area contributed by atoms with E-state index in [9.17, 15) is 19.0 Å². The molecule has 0 amide bonds. The van der Waals surface area contributed by atoms with E-state index in [1.807, 2.05) is 0 Å². The van der Waals surface area contributed by atoms with Gasteiger partial charge in [0.1, 0.15) is 6.61 Å². The fraction of sp³-hybridized carbons (Fsp3) is 0.528. The molecule has 0 aliphatic carbocycles. The minimum atomic E-state index is -4.42. The van der Waals surface area contributed by atoms with Gasteiger partial charge in [0.05, 0.1) is 13.2 Å². The maximum Gasteiger partial charge on any atom is 0.472 e. The summed E-state index contributed by atoms with van der Waals surface area (Å²) in [7, 11) is -4.42. The highest BCUT2D eigenvalue weighted by molar-refractivity contribution is 7.47. The first-order valence-corrected chi connectivity index (χ1v) is 40.0. The van der Waals surface area contributed by atoms with Gasteiger partial charge in [0.15, 0.2) is 6.10 Å². The number of nitrogens with two attached hydrogens (primary N) is 1. The van der Waals surface area contributed by atoms with Crippen LogP contribution < -0.4 is 5.73 Å². The number of carbonyl (C=O) groups excluding carboxylic acids is 2. The third-order valence-electron chi connectivity index (χ3n) is 15.2. The standard InChI is InChI=1S/C89H138NO8P/c1-3-5-7-9-11-13-15-17-19-21-23-25-27-29-31-33-35-37-39-41-42-43-44-46-48-50-52-54-56-58-60-62-64-66-68-70-72-74-76-78-80-82-89(92)98-87(86-97-99(93,94)96-84-83-90)85-95-88(91)81-79-77-75-73-71-69-67-65-63-61-59-57-55-53-51-49-47-45-40-38-36-34-32-30-28-26-24-22-20-18-16-14-12-10-8-6-4-2/h5-8,11-14,17-20,23-26,29-32,35-38,41-42,44-47,50-53,56,58,62,64,68,70,87H,3-4,9-10,15-16,21-22,27-28,33-34,39-40,43,48-49,54-55,57,59-61,63,65-67,69,71-86,90H2,1-2H3,(H,93,94)/b7-5-,8-6-,13-11-,14-12-,19-17-,20-18-,25-23-,26-24-,31-29-,32-30-,37-35-,38-36-,42-41-,46-44-,47-45-,52-50-,53-51-,58-56-,64-62-,70-68-. The zero-order valence-corrected chi connectivity index (χ0v) is 63.0. The highest BCUT2D eigenvalue weighted by Gasteiger charge is 2.26. The van der Waals surface area contributed by atoms with E-state index < -0.39 is 32.5 Å². The molecule has 552 valence electrons. The lowest BCUT2D eigenvalue weighted by molar-refractivity contribution is -0.161. The number of allylic oxidation sites excluding steroid dienone is 40. The molecule has 0 aliphatic rings. The first-order chi connectivity index (χ1) is 48.8. The lowest BCUT2D eigenvalue weighted by Crippen LogP contribution is -2.29. The number of ether oxygens (including phenoxy) is 2. The van der Waals surface area contributed by atoms with Crippen LogP contribution in [0.1, 0.15) is 271 Å². The second-order valence-electron chi connectivity index (χ2n) is 24.4. The number of phosphoric ester groups is 1. The number of rotatable bonds is 69. The van der Waals surface area contributed by atoms with Gasteiger partial charge in [-0.15, -0.1) is 0 Å². The van der Waals surface area contributed by atoms with Crippen molar-refractivity contribution in [1.29, 1.82) is 0 Å². The van der Waals surface area contributed by atoms with Gasteiger partial charge < -0.3 is 20.1 Å². The predicted octanol–water partition coefficient (Wildman–Crippen LogP) is 26.3. The van der Waals surface area contributed by atoms with E-state index in [0.29, 0.717) is 12.8 Å². The Hall–Kier alpha value is -6.19. The van der Waals surface area contributed by atoms with Crippen molar-refractivity contribution < 1.29 is 37.6 Å². The molecule has 0 fully saturated rings. The molecule has 0 bridgehead atoms. The second kappa shape index (κ2) is 80.8. The maximum atomic E-state index is 12.8. The Morgan fingerprint density at radius 3 is 0.778 bits per heavy atom. The monoisotopic (exact) mass is 1380 g/mol. The molecule has 2 atom stereocenters. The van der Waals surface area contributed by atoms with Gasteiger partial charge in [0.25, 0.3) is 0 Å². The summed E-state index contributed by atoms with van der Waals surface area (Å²) in [4.78, 5) is 35.4. The van der Waals surface area contributed by atoms with Crippen molar-refractivity contribution in [3.8, 4) is 0 Å². The van der Waals surface area contributed by atoms with E-state index in [-0.39, 0.29) is 32.6 Å². The van der Waals surface area contributed by atoms with Crippen molar-refractivity contribution >= 4 is 19.8 Å². The van der Waals surface area contributed by atoms with Crippen molar-refractivity contribution in [2.75, 3.05) is 26.4 Å². The van der Waals surface area contributed by atoms with Crippen LogP contribution in [0.15, 0.2) is 243 Å². The van der Waals surface area contributed by atoms with Crippen LogP contribution in [0.25, 0.3) is 0 Å². The van der Waals surface area contributed by atoms with Crippen LogP contribution in [0, 0.1) is 0 Å². The van der Waals surface area contributed by atoms with Crippen molar-refractivity contribution in [3.63, 3.8) is 0 Å². The summed E-state index contributed by atoms with van der Waals surface area (Å²) >= 11 is 0. The van der Waals surface area contributed by atoms with Crippen LogP contribution in [0.5, 0.6) is 0 Å². The highest BCUT2D eigenvalue weighted by atomic mass is 31.2. The van der Waals surface area contributed by atoms with Crippen molar-refractivity contribution in [2.24, 2.45) is 5.73 Å². The van der Waals surface area contributed by atoms with Gasteiger partial charge in [-0.3, -0.25) is 18.6 Å². The third kappa shape index (κ3) is 80.7. The lowest BCUT2D eigenvalue weighted by Gasteiger charge is -2.19. The molecule has 99 heavy (non-hydrogen) atoms. The molecule has 9 nitrogen and oxygen atoms in total. The van der Waals surface area contributed by atoms with E-state index >= 15 is 0 Å². The largest absolute Gasteiger partial charge is 0.472 e. The Kier molecular flexibility index (Phi) is 75.7. The Morgan fingerprint density at radius 1 is 0.303 bits per heavy atom. The van der Waals surface area contributed by atoms with Gasteiger partial charge >= 0.3 is 19.8 Å². The average molecular weight is 1380 g/mol. The Morgan fingerprint density at radius 2 is 0.525 bits per heavy atom. The summed E-state index contributed by atoms with van der Waals surface area (Å²) in [6.45, 7) is 3.46. The molecule has 0 heterocycles. The summed E-state index contributed by atoms with van der Waals surface area (Å²) in [5.74, 6) is -0.874. The van der Waals surface area contributed by atoms with Crippen LogP contribution >= 0.6 is 7.82 Å². The second-order valence-corrected chi connectivity index (χ2v) is 25.9. The number of hydrogen-bond donors (Lipinski definition) is 2. The third-order valence-corrected chi connectivity index (χ3v) is 16.2. The summed E-state index contributed by atoms with van der Waals surface area (Å²) in [6.07, 6.45) is 128. The molecular weight excluding hydrogens is 1240 g/mol. The number of carbonyl (C=O) groups is 2. The van der Waals surface area contributed by atoms with Crippen molar-refractivity contribution in [1.82, 2.24) is 0 Å². The van der Waals surface area contributed by atoms with Gasteiger partial charge in [-0.25, -0.2) is 4.57 Å². The van der Waals surface area contributed by atoms with E-state index in [0.717, 1.165) is 180 Å². The number of esters is 2. The summed E-state index contributed by atoms with van der Waals surface area (Å²) in [5, 5.41) is 0. The fourth-order valence-electron chi connectivity index (χ4n) is 9.63. The van der Waals surface area contributed by atoms with E-state index in [2.05, 4.69) is 257 Å². The molecule has 0 saturated heterocycles. The van der Waals surface area contributed by atoms with Gasteiger partial charge in [-0.1, -0.05) is 334 Å². The molecule has 0 rings (SSSR count). The van der Waals surface area contributed by atoms with Gasteiger partial charge in [-0.05, 0) is 167 Å². The molecule has 0 spiro atoms. The zero-order chi connectivity index (χ0) is 71.5. The average Bonchev–Trinajstić information content (AvgIpc) is 1.19. The van der Waals surface area contributed by atoms with E-state index in [1.165, 1.54) is 51.4 Å². The molecule has 2 unspecified atom stereocenters. The SMILES string of the molecule is CC/C=C\C/C=C\C/C=C\C/C=C\C/C=C\C/C=C\C/C=C\C/C=C\C/C=C\C/C=C\C/C=C\C/C=C\CCCCCCC(=O)OC(COC(=O)CCCCCCCCCCCCCC/C=C\C/C=C\C/C=C\C/C=C\C/C=C\C/C=C\C/C=C\C/C=C\CC)COP(=O)(O)OCCN. The van der Waals surface area contributed by atoms with Crippen LogP contribution in [0.4, 0.5) is 0 Å². The Balaban J connectivity index is 4.02. The quantitative estimate of drug-likeness (QED) is 0.0264. The van der Waals surface area contributed by atoms with E-state index in [1.54, 1.807) is 0 Å². The van der Waals surface area contributed by atoms with Crippen LogP contribution in [-0.2, 0) is 32.7 Å². The summed E-state index contributed by atoms with van der Waals surface area (Å²) in [5.41, 5.74) is 5.41. The van der Waals surface area contributed by atoms with Gasteiger partial charge in [0.2, 0.25) is 0 Å². The molecule has 0 aromatic carbocycles. The highest BCUT2D eigenvalue weighted by Crippen LogP contribution is 2.43. The molecule has 0 aromatic rings. The smallest absolute Gasteiger partial charge is 0.462 e. The van der Waals surface area contributed by atoms with E-state index in [4.69, 9.17) is 24.3 Å². The molecule has 0 aromatic heterocycles. The maximum absolute atomic E-state index is 12.8. The first-order valence-electron chi connectivity index (χ1n) is 38.5. The normalized spacial score (nSPS) is 14.3. The molecule has 3 N–H and O–H groups in total. The first kappa shape index (κ1) is 92.8.